The summed E-state index contributed by atoms with van der Waals surface area (Å²) < 4.78 is 4.60. The van der Waals surface area contributed by atoms with E-state index in [1.165, 1.54) is 16.2 Å². The zero-order valence-electron chi connectivity index (χ0n) is 10.9. The summed E-state index contributed by atoms with van der Waals surface area (Å²) >= 11 is 0. The summed E-state index contributed by atoms with van der Waals surface area (Å²) in [5, 5.41) is 13.3. The summed E-state index contributed by atoms with van der Waals surface area (Å²) in [5.74, 6) is 0. The molecule has 0 aromatic heterocycles. The van der Waals surface area contributed by atoms with Crippen molar-refractivity contribution in [2.24, 2.45) is 0 Å². The molecule has 0 aliphatic rings. The largest absolute Gasteiger partial charge is 0.505 e. The summed E-state index contributed by atoms with van der Waals surface area (Å²) in [6.07, 6.45) is -0.641. The first-order valence-electron chi connectivity index (χ1n) is 6.51. The first-order valence-corrected chi connectivity index (χ1v) is 6.51. The Labute approximate surface area is 116 Å². The fraction of sp³-hybridized carbons (Fsp3) is 0.118. The molecule has 0 saturated heterocycles. The van der Waals surface area contributed by atoms with E-state index in [9.17, 15) is 4.79 Å². The SMILES string of the molecule is O=C(O)OCCc1cccc2c1ccc1ccccc12. The minimum Gasteiger partial charge on any atom is -0.450 e. The zero-order valence-corrected chi connectivity index (χ0v) is 10.9. The first kappa shape index (κ1) is 12.5. The maximum atomic E-state index is 10.4. The number of ether oxygens (including phenoxy) is 1. The van der Waals surface area contributed by atoms with Gasteiger partial charge in [0.2, 0.25) is 0 Å². The lowest BCUT2D eigenvalue weighted by atomic mass is 9.97. The van der Waals surface area contributed by atoms with E-state index in [-0.39, 0.29) is 6.61 Å². The second kappa shape index (κ2) is 5.21. The van der Waals surface area contributed by atoms with Gasteiger partial charge in [-0.2, -0.15) is 0 Å². The number of hydrogen-bond acceptors (Lipinski definition) is 2. The van der Waals surface area contributed by atoms with Gasteiger partial charge in [0.25, 0.3) is 0 Å². The first-order chi connectivity index (χ1) is 9.75. The highest BCUT2D eigenvalue weighted by atomic mass is 16.7. The van der Waals surface area contributed by atoms with Crippen LogP contribution in [0, 0.1) is 0 Å². The van der Waals surface area contributed by atoms with E-state index in [1.807, 2.05) is 24.3 Å². The second-order valence-corrected chi connectivity index (χ2v) is 4.66. The van der Waals surface area contributed by atoms with Crippen molar-refractivity contribution >= 4 is 27.7 Å². The summed E-state index contributed by atoms with van der Waals surface area (Å²) in [5.41, 5.74) is 1.11. The Bertz CT molecular complexity index is 777. The fourth-order valence-corrected chi connectivity index (χ4v) is 2.57. The van der Waals surface area contributed by atoms with Gasteiger partial charge >= 0.3 is 6.16 Å². The van der Waals surface area contributed by atoms with Gasteiger partial charge in [0.15, 0.2) is 0 Å². The molecule has 0 spiro atoms. The Balaban J connectivity index is 2.06. The predicted octanol–water partition coefficient (Wildman–Crippen LogP) is 4.23. The molecule has 0 atom stereocenters. The monoisotopic (exact) mass is 266 g/mol. The highest BCUT2D eigenvalue weighted by molar-refractivity contribution is 6.08. The molecule has 3 aromatic rings. The van der Waals surface area contributed by atoms with Crippen molar-refractivity contribution in [1.29, 1.82) is 0 Å². The number of hydrogen-bond donors (Lipinski definition) is 1. The standard InChI is InChI=1S/C17H14O3/c18-17(19)20-11-10-13-5-3-7-16-14-6-2-1-4-12(14)8-9-15(13)16/h1-9H,10-11H2,(H,18,19). The van der Waals surface area contributed by atoms with Crippen molar-refractivity contribution in [3.63, 3.8) is 0 Å². The molecule has 0 amide bonds. The number of carboxylic acid groups (broad SMARTS) is 1. The average molecular weight is 266 g/mol. The molecule has 0 saturated carbocycles. The van der Waals surface area contributed by atoms with Gasteiger partial charge in [0, 0.05) is 6.42 Å². The number of fused-ring (bicyclic) bond motifs is 3. The Morgan fingerprint density at radius 1 is 0.900 bits per heavy atom. The molecule has 0 aliphatic heterocycles. The van der Waals surface area contributed by atoms with Crippen molar-refractivity contribution < 1.29 is 14.6 Å². The van der Waals surface area contributed by atoms with E-state index in [2.05, 4.69) is 35.1 Å². The number of carbonyl (C=O) groups is 1. The Morgan fingerprint density at radius 2 is 1.70 bits per heavy atom. The molecule has 0 bridgehead atoms. The number of benzene rings is 3. The van der Waals surface area contributed by atoms with E-state index >= 15 is 0 Å². The van der Waals surface area contributed by atoms with E-state index in [0.29, 0.717) is 6.42 Å². The molecule has 0 heterocycles. The van der Waals surface area contributed by atoms with Crippen LogP contribution in [0.3, 0.4) is 0 Å². The van der Waals surface area contributed by atoms with Crippen LogP contribution in [-0.2, 0) is 11.2 Å². The lowest BCUT2D eigenvalue weighted by molar-refractivity contribution is 0.0928. The predicted molar refractivity (Wildman–Crippen MR) is 79.1 cm³/mol. The van der Waals surface area contributed by atoms with E-state index in [1.54, 1.807) is 0 Å². The van der Waals surface area contributed by atoms with Crippen LogP contribution in [-0.4, -0.2) is 17.9 Å². The molecule has 3 heteroatoms. The van der Waals surface area contributed by atoms with E-state index in [4.69, 9.17) is 5.11 Å². The van der Waals surface area contributed by atoms with Crippen LogP contribution in [0.25, 0.3) is 21.5 Å². The van der Waals surface area contributed by atoms with Gasteiger partial charge < -0.3 is 9.84 Å². The van der Waals surface area contributed by atoms with Crippen molar-refractivity contribution in [3.8, 4) is 0 Å². The van der Waals surface area contributed by atoms with Crippen molar-refractivity contribution in [3.05, 3.63) is 60.2 Å². The molecule has 0 unspecified atom stereocenters. The summed E-state index contributed by atoms with van der Waals surface area (Å²) in [4.78, 5) is 10.4. The molecule has 0 aliphatic carbocycles. The van der Waals surface area contributed by atoms with Crippen LogP contribution in [0.15, 0.2) is 54.6 Å². The van der Waals surface area contributed by atoms with Gasteiger partial charge in [0.1, 0.15) is 0 Å². The van der Waals surface area contributed by atoms with Gasteiger partial charge in [-0.05, 0) is 27.1 Å². The molecule has 0 fully saturated rings. The van der Waals surface area contributed by atoms with Gasteiger partial charge in [-0.25, -0.2) is 4.79 Å². The third-order valence-electron chi connectivity index (χ3n) is 3.47. The van der Waals surface area contributed by atoms with Gasteiger partial charge in [0.05, 0.1) is 6.61 Å². The third-order valence-corrected chi connectivity index (χ3v) is 3.47. The average Bonchev–Trinajstić information content (AvgIpc) is 2.47. The van der Waals surface area contributed by atoms with Crippen molar-refractivity contribution in [2.45, 2.75) is 6.42 Å². The highest BCUT2D eigenvalue weighted by Crippen LogP contribution is 2.27. The quantitative estimate of drug-likeness (QED) is 0.570. The smallest absolute Gasteiger partial charge is 0.450 e. The lowest BCUT2D eigenvalue weighted by Crippen LogP contribution is -2.04. The third kappa shape index (κ3) is 2.30. The van der Waals surface area contributed by atoms with Crippen LogP contribution < -0.4 is 0 Å². The van der Waals surface area contributed by atoms with Gasteiger partial charge in [-0.1, -0.05) is 54.6 Å². The molecule has 3 rings (SSSR count). The van der Waals surface area contributed by atoms with Crippen LogP contribution in [0.2, 0.25) is 0 Å². The molecule has 100 valence electrons. The summed E-state index contributed by atoms with van der Waals surface area (Å²) in [7, 11) is 0. The van der Waals surface area contributed by atoms with Crippen molar-refractivity contribution in [1.82, 2.24) is 0 Å². The van der Waals surface area contributed by atoms with Crippen LogP contribution in [0.1, 0.15) is 5.56 Å². The fourth-order valence-electron chi connectivity index (χ4n) is 2.57. The zero-order chi connectivity index (χ0) is 13.9. The normalized spacial score (nSPS) is 10.8. The molecule has 20 heavy (non-hydrogen) atoms. The molecule has 0 radical (unpaired) electrons. The Hall–Kier alpha value is -2.55. The van der Waals surface area contributed by atoms with Crippen molar-refractivity contribution in [2.75, 3.05) is 6.61 Å². The maximum Gasteiger partial charge on any atom is 0.505 e. The topological polar surface area (TPSA) is 46.5 Å². The Morgan fingerprint density at radius 3 is 2.55 bits per heavy atom. The molecule has 1 N–H and O–H groups in total. The summed E-state index contributed by atoms with van der Waals surface area (Å²) in [6.45, 7) is 0.182. The second-order valence-electron chi connectivity index (χ2n) is 4.66. The van der Waals surface area contributed by atoms with Crippen LogP contribution in [0.5, 0.6) is 0 Å². The number of rotatable bonds is 3. The molecular weight excluding hydrogens is 252 g/mol. The molecule has 3 nitrogen and oxygen atoms in total. The lowest BCUT2D eigenvalue weighted by Gasteiger charge is -2.09. The maximum absolute atomic E-state index is 10.4. The van der Waals surface area contributed by atoms with E-state index < -0.39 is 6.16 Å². The minimum atomic E-state index is -1.23. The molecule has 3 aromatic carbocycles. The van der Waals surface area contributed by atoms with Gasteiger partial charge in [-0.15, -0.1) is 0 Å². The molecular formula is C17H14O3. The minimum absolute atomic E-state index is 0.182. The van der Waals surface area contributed by atoms with Crippen LogP contribution >= 0.6 is 0 Å². The Kier molecular flexibility index (Phi) is 3.25. The van der Waals surface area contributed by atoms with Crippen LogP contribution in [0.4, 0.5) is 4.79 Å². The van der Waals surface area contributed by atoms with Gasteiger partial charge in [-0.3, -0.25) is 0 Å². The van der Waals surface area contributed by atoms with E-state index in [0.717, 1.165) is 10.9 Å². The summed E-state index contributed by atoms with van der Waals surface area (Å²) in [6, 6.07) is 18.6. The highest BCUT2D eigenvalue weighted by Gasteiger charge is 2.05.